The highest BCUT2D eigenvalue weighted by Crippen LogP contribution is 2.28. The van der Waals surface area contributed by atoms with E-state index in [9.17, 15) is 4.79 Å². The van der Waals surface area contributed by atoms with Crippen molar-refractivity contribution in [3.05, 3.63) is 0 Å². The van der Waals surface area contributed by atoms with Crippen LogP contribution < -0.4 is 5.32 Å². The Morgan fingerprint density at radius 2 is 2.00 bits per heavy atom. The number of hydrogen-bond donors (Lipinski definition) is 1. The van der Waals surface area contributed by atoms with Crippen molar-refractivity contribution in [2.45, 2.75) is 51.5 Å². The summed E-state index contributed by atoms with van der Waals surface area (Å²) >= 11 is 0. The molecule has 0 bridgehead atoms. The standard InChI is InChI=1S/C14H26N2O.ClH/c1-11-5-3-7-13(9-11)16(2)14(17)12-6-4-8-15-10-12;/h11-13,15H,3-10H2,1-2H3;1H/t11?,12-,13?;/m1./s1. The highest BCUT2D eigenvalue weighted by atomic mass is 35.5. The van der Waals surface area contributed by atoms with Gasteiger partial charge in [-0.2, -0.15) is 0 Å². The molecule has 18 heavy (non-hydrogen) atoms. The maximum Gasteiger partial charge on any atom is 0.226 e. The smallest absolute Gasteiger partial charge is 0.226 e. The van der Waals surface area contributed by atoms with Gasteiger partial charge in [0.25, 0.3) is 0 Å². The van der Waals surface area contributed by atoms with Gasteiger partial charge < -0.3 is 10.2 Å². The maximum atomic E-state index is 12.4. The van der Waals surface area contributed by atoms with Crippen LogP contribution in [0, 0.1) is 11.8 Å². The lowest BCUT2D eigenvalue weighted by atomic mass is 9.85. The summed E-state index contributed by atoms with van der Waals surface area (Å²) in [7, 11) is 2.01. The number of carbonyl (C=O) groups excluding carboxylic acids is 1. The van der Waals surface area contributed by atoms with Gasteiger partial charge in [0.1, 0.15) is 0 Å². The van der Waals surface area contributed by atoms with Gasteiger partial charge >= 0.3 is 0 Å². The molecular formula is C14H27ClN2O. The molecule has 0 spiro atoms. The van der Waals surface area contributed by atoms with Gasteiger partial charge in [0.05, 0.1) is 5.92 Å². The molecule has 3 nitrogen and oxygen atoms in total. The fourth-order valence-electron chi connectivity index (χ4n) is 3.28. The van der Waals surface area contributed by atoms with Crippen LogP contribution in [0.25, 0.3) is 0 Å². The molecule has 1 aliphatic carbocycles. The minimum Gasteiger partial charge on any atom is -0.342 e. The molecule has 0 radical (unpaired) electrons. The van der Waals surface area contributed by atoms with Crippen LogP contribution in [0.15, 0.2) is 0 Å². The third kappa shape index (κ3) is 3.86. The first-order chi connectivity index (χ1) is 8.18. The summed E-state index contributed by atoms with van der Waals surface area (Å²) in [5.41, 5.74) is 0. The first kappa shape index (κ1) is 15.8. The Kier molecular flexibility index (Phi) is 6.44. The molecule has 1 aliphatic heterocycles. The Morgan fingerprint density at radius 3 is 2.61 bits per heavy atom. The van der Waals surface area contributed by atoms with Crippen molar-refractivity contribution in [3.63, 3.8) is 0 Å². The Morgan fingerprint density at radius 1 is 1.22 bits per heavy atom. The van der Waals surface area contributed by atoms with E-state index in [1.165, 1.54) is 25.7 Å². The van der Waals surface area contributed by atoms with Crippen LogP contribution >= 0.6 is 12.4 Å². The number of carbonyl (C=O) groups is 1. The summed E-state index contributed by atoms with van der Waals surface area (Å²) in [5, 5.41) is 3.33. The average molecular weight is 275 g/mol. The van der Waals surface area contributed by atoms with Gasteiger partial charge in [0, 0.05) is 19.6 Å². The predicted octanol–water partition coefficient (Wildman–Crippen LogP) is 2.44. The molecule has 1 saturated heterocycles. The SMILES string of the molecule is CC1CCCC(N(C)C(=O)[C@@H]2CCCNC2)C1.Cl. The van der Waals surface area contributed by atoms with Crippen LogP contribution in [0.5, 0.6) is 0 Å². The zero-order chi connectivity index (χ0) is 12.3. The average Bonchev–Trinajstić information content (AvgIpc) is 2.38. The Labute approximate surface area is 117 Å². The summed E-state index contributed by atoms with van der Waals surface area (Å²) in [6.45, 7) is 4.27. The number of amides is 1. The van der Waals surface area contributed by atoms with Gasteiger partial charge in [-0.15, -0.1) is 12.4 Å². The van der Waals surface area contributed by atoms with Crippen molar-refractivity contribution in [3.8, 4) is 0 Å². The van der Waals surface area contributed by atoms with E-state index in [1.807, 2.05) is 11.9 Å². The Balaban J connectivity index is 0.00000162. The van der Waals surface area contributed by atoms with Crippen LogP contribution in [0.1, 0.15) is 45.4 Å². The van der Waals surface area contributed by atoms with Gasteiger partial charge in [-0.25, -0.2) is 0 Å². The summed E-state index contributed by atoms with van der Waals surface area (Å²) in [6.07, 6.45) is 7.23. The fraction of sp³-hybridized carbons (Fsp3) is 0.929. The van der Waals surface area contributed by atoms with Crippen molar-refractivity contribution in [1.82, 2.24) is 10.2 Å². The highest BCUT2D eigenvalue weighted by Gasteiger charge is 2.30. The van der Waals surface area contributed by atoms with E-state index in [0.29, 0.717) is 11.9 Å². The van der Waals surface area contributed by atoms with E-state index in [4.69, 9.17) is 0 Å². The molecule has 3 atom stereocenters. The van der Waals surface area contributed by atoms with Crippen molar-refractivity contribution in [2.24, 2.45) is 11.8 Å². The normalized spacial score (nSPS) is 32.4. The summed E-state index contributed by atoms with van der Waals surface area (Å²) in [6, 6.07) is 0.494. The van der Waals surface area contributed by atoms with Crippen molar-refractivity contribution in [2.75, 3.05) is 20.1 Å². The largest absolute Gasteiger partial charge is 0.342 e. The quantitative estimate of drug-likeness (QED) is 0.839. The lowest BCUT2D eigenvalue weighted by molar-refractivity contribution is -0.137. The molecule has 4 heteroatoms. The molecule has 2 unspecified atom stereocenters. The monoisotopic (exact) mass is 274 g/mol. The van der Waals surface area contributed by atoms with Gasteiger partial charge in [0.15, 0.2) is 0 Å². The number of hydrogen-bond acceptors (Lipinski definition) is 2. The molecule has 1 N–H and O–H groups in total. The third-order valence-electron chi connectivity index (χ3n) is 4.45. The second-order valence-corrected chi connectivity index (χ2v) is 5.92. The van der Waals surface area contributed by atoms with Gasteiger partial charge in [-0.1, -0.05) is 19.8 Å². The minimum atomic E-state index is 0. The molecule has 1 saturated carbocycles. The molecule has 0 aromatic carbocycles. The first-order valence-corrected chi connectivity index (χ1v) is 7.16. The van der Waals surface area contributed by atoms with Crippen molar-refractivity contribution < 1.29 is 4.79 Å². The van der Waals surface area contributed by atoms with Gasteiger partial charge in [-0.05, 0) is 38.1 Å². The number of nitrogens with zero attached hydrogens (tertiary/aromatic N) is 1. The molecule has 1 amide bonds. The molecule has 2 aliphatic rings. The predicted molar refractivity (Wildman–Crippen MR) is 77.0 cm³/mol. The van der Waals surface area contributed by atoms with Crippen molar-refractivity contribution >= 4 is 18.3 Å². The van der Waals surface area contributed by atoms with Gasteiger partial charge in [-0.3, -0.25) is 4.79 Å². The van der Waals surface area contributed by atoms with E-state index < -0.39 is 0 Å². The van der Waals surface area contributed by atoms with E-state index in [-0.39, 0.29) is 18.3 Å². The van der Waals surface area contributed by atoms with Crippen LogP contribution in [0.2, 0.25) is 0 Å². The fourth-order valence-corrected chi connectivity index (χ4v) is 3.28. The second kappa shape index (κ2) is 7.34. The molecular weight excluding hydrogens is 248 g/mol. The molecule has 1 heterocycles. The Hall–Kier alpha value is -0.280. The Bertz CT molecular complexity index is 267. The molecule has 2 fully saturated rings. The van der Waals surface area contributed by atoms with Crippen LogP contribution in [0.4, 0.5) is 0 Å². The van der Waals surface area contributed by atoms with E-state index in [0.717, 1.165) is 31.8 Å². The number of rotatable bonds is 2. The van der Waals surface area contributed by atoms with Crippen LogP contribution in [-0.2, 0) is 4.79 Å². The third-order valence-corrected chi connectivity index (χ3v) is 4.45. The van der Waals surface area contributed by atoms with E-state index in [2.05, 4.69) is 12.2 Å². The van der Waals surface area contributed by atoms with Crippen LogP contribution in [-0.4, -0.2) is 37.0 Å². The van der Waals surface area contributed by atoms with Gasteiger partial charge in [0.2, 0.25) is 5.91 Å². The lowest BCUT2D eigenvalue weighted by Crippen LogP contribution is -2.46. The first-order valence-electron chi connectivity index (χ1n) is 7.16. The summed E-state index contributed by atoms with van der Waals surface area (Å²) in [4.78, 5) is 14.4. The summed E-state index contributed by atoms with van der Waals surface area (Å²) in [5.74, 6) is 1.38. The van der Waals surface area contributed by atoms with E-state index in [1.54, 1.807) is 0 Å². The molecule has 2 rings (SSSR count). The lowest BCUT2D eigenvalue weighted by Gasteiger charge is -2.36. The van der Waals surface area contributed by atoms with E-state index >= 15 is 0 Å². The summed E-state index contributed by atoms with van der Waals surface area (Å²) < 4.78 is 0. The van der Waals surface area contributed by atoms with Crippen molar-refractivity contribution in [1.29, 1.82) is 0 Å². The number of halogens is 1. The second-order valence-electron chi connectivity index (χ2n) is 5.92. The zero-order valence-corrected chi connectivity index (χ0v) is 12.5. The highest BCUT2D eigenvalue weighted by molar-refractivity contribution is 5.85. The number of nitrogens with one attached hydrogen (secondary N) is 1. The number of piperidine rings is 1. The maximum absolute atomic E-state index is 12.4. The molecule has 0 aromatic rings. The molecule has 0 aromatic heterocycles. The minimum absolute atomic E-state index is 0. The molecule has 106 valence electrons. The van der Waals surface area contributed by atoms with Crippen LogP contribution in [0.3, 0.4) is 0 Å². The topological polar surface area (TPSA) is 32.3 Å². The zero-order valence-electron chi connectivity index (χ0n) is 11.7.